The summed E-state index contributed by atoms with van der Waals surface area (Å²) in [5, 5.41) is 0. The van der Waals surface area contributed by atoms with Gasteiger partial charge in [0.2, 0.25) is 0 Å². The van der Waals surface area contributed by atoms with Gasteiger partial charge in [-0.1, -0.05) is 11.8 Å². The molecule has 0 heterocycles. The summed E-state index contributed by atoms with van der Waals surface area (Å²) in [6.07, 6.45) is 3.76. The van der Waals surface area contributed by atoms with E-state index in [-0.39, 0.29) is 5.97 Å². The molecular formula is C14H20O5. The molecule has 0 aliphatic heterocycles. The second kappa shape index (κ2) is 11.1. The molecule has 0 radical (unpaired) electrons. The van der Waals surface area contributed by atoms with Gasteiger partial charge >= 0.3 is 11.9 Å². The Bertz CT molecular complexity index is 362. The Kier molecular flexibility index (Phi) is 10.00. The summed E-state index contributed by atoms with van der Waals surface area (Å²) in [6.45, 7) is 3.45. The molecule has 0 aliphatic carbocycles. The monoisotopic (exact) mass is 268 g/mol. The minimum Gasteiger partial charge on any atom is -0.504 e. The highest BCUT2D eigenvalue weighted by molar-refractivity contribution is 5.69. The van der Waals surface area contributed by atoms with Crippen molar-refractivity contribution in [1.82, 2.24) is 0 Å². The number of carbonyl (C=O) groups excluding carboxylic acids is 2. The molecule has 0 amide bonds. The third-order valence-electron chi connectivity index (χ3n) is 1.99. The van der Waals surface area contributed by atoms with Crippen molar-refractivity contribution in [3.63, 3.8) is 0 Å². The van der Waals surface area contributed by atoms with E-state index >= 15 is 0 Å². The molecule has 0 spiro atoms. The van der Waals surface area contributed by atoms with Crippen LogP contribution in [0.15, 0.2) is 12.3 Å². The van der Waals surface area contributed by atoms with Crippen molar-refractivity contribution >= 4 is 11.9 Å². The molecule has 0 saturated carbocycles. The summed E-state index contributed by atoms with van der Waals surface area (Å²) >= 11 is 0. The Hall–Kier alpha value is -1.96. The van der Waals surface area contributed by atoms with E-state index in [1.54, 1.807) is 6.92 Å². The van der Waals surface area contributed by atoms with Crippen LogP contribution in [0.2, 0.25) is 0 Å². The van der Waals surface area contributed by atoms with E-state index in [0.717, 1.165) is 0 Å². The summed E-state index contributed by atoms with van der Waals surface area (Å²) in [4.78, 5) is 22.1. The Morgan fingerprint density at radius 1 is 1.37 bits per heavy atom. The normalized spacial score (nSPS) is 11.3. The first-order valence-electron chi connectivity index (χ1n) is 6.11. The van der Waals surface area contributed by atoms with Gasteiger partial charge < -0.3 is 14.2 Å². The minimum absolute atomic E-state index is 0.253. The van der Waals surface area contributed by atoms with E-state index in [0.29, 0.717) is 25.9 Å². The largest absolute Gasteiger partial charge is 0.504 e. The van der Waals surface area contributed by atoms with Gasteiger partial charge in [0, 0.05) is 19.4 Å². The smallest absolute Gasteiger partial charge is 0.305 e. The Morgan fingerprint density at radius 3 is 2.68 bits per heavy atom. The lowest BCUT2D eigenvalue weighted by molar-refractivity contribution is -0.144. The van der Waals surface area contributed by atoms with Crippen molar-refractivity contribution < 1.29 is 23.8 Å². The third kappa shape index (κ3) is 10.9. The van der Waals surface area contributed by atoms with Crippen LogP contribution < -0.4 is 0 Å². The quantitative estimate of drug-likeness (QED) is 0.400. The first-order chi connectivity index (χ1) is 9.10. The van der Waals surface area contributed by atoms with Crippen LogP contribution in [0.5, 0.6) is 0 Å². The van der Waals surface area contributed by atoms with Crippen molar-refractivity contribution in [3.05, 3.63) is 12.3 Å². The van der Waals surface area contributed by atoms with Crippen LogP contribution in [0.4, 0.5) is 0 Å². The molecule has 0 aromatic rings. The SMILES string of the molecule is CCOC(=O)CCC[C@@H](C#C/C=C/OC)OC(C)=O. The molecule has 1 atom stereocenters. The number of hydrogen-bond acceptors (Lipinski definition) is 5. The highest BCUT2D eigenvalue weighted by Gasteiger charge is 2.10. The molecule has 5 heteroatoms. The first-order valence-corrected chi connectivity index (χ1v) is 6.11. The molecule has 0 saturated heterocycles. The average molecular weight is 268 g/mol. The zero-order chi connectivity index (χ0) is 14.5. The van der Waals surface area contributed by atoms with Gasteiger partial charge in [0.1, 0.15) is 0 Å². The number of allylic oxidation sites excluding steroid dienone is 1. The van der Waals surface area contributed by atoms with Crippen LogP contribution in [-0.4, -0.2) is 31.8 Å². The van der Waals surface area contributed by atoms with Crippen LogP contribution in [0.25, 0.3) is 0 Å². The predicted molar refractivity (Wildman–Crippen MR) is 70.0 cm³/mol. The topological polar surface area (TPSA) is 61.8 Å². The second-order valence-electron chi connectivity index (χ2n) is 3.62. The predicted octanol–water partition coefficient (Wildman–Crippen LogP) is 1.81. The van der Waals surface area contributed by atoms with Crippen LogP contribution >= 0.6 is 0 Å². The van der Waals surface area contributed by atoms with Gasteiger partial charge in [0.15, 0.2) is 6.10 Å². The minimum atomic E-state index is -0.520. The van der Waals surface area contributed by atoms with Crippen LogP contribution in [0, 0.1) is 11.8 Å². The van der Waals surface area contributed by atoms with Crippen LogP contribution in [0.1, 0.15) is 33.1 Å². The third-order valence-corrected chi connectivity index (χ3v) is 1.99. The van der Waals surface area contributed by atoms with Crippen LogP contribution in [-0.2, 0) is 23.8 Å². The zero-order valence-corrected chi connectivity index (χ0v) is 11.6. The van der Waals surface area contributed by atoms with Crippen molar-refractivity contribution in [2.75, 3.05) is 13.7 Å². The lowest BCUT2D eigenvalue weighted by Crippen LogP contribution is -2.15. The first kappa shape index (κ1) is 17.0. The fourth-order valence-electron chi connectivity index (χ4n) is 1.27. The maximum Gasteiger partial charge on any atom is 0.305 e. The van der Waals surface area contributed by atoms with E-state index in [1.807, 2.05) is 0 Å². The van der Waals surface area contributed by atoms with Crippen molar-refractivity contribution in [3.8, 4) is 11.8 Å². The number of esters is 2. The van der Waals surface area contributed by atoms with E-state index in [2.05, 4.69) is 11.8 Å². The highest BCUT2D eigenvalue weighted by Crippen LogP contribution is 2.06. The summed E-state index contributed by atoms with van der Waals surface area (Å²) in [5.41, 5.74) is 0. The number of ether oxygens (including phenoxy) is 3. The second-order valence-corrected chi connectivity index (χ2v) is 3.62. The Morgan fingerprint density at radius 2 is 2.11 bits per heavy atom. The molecule has 0 aromatic carbocycles. The van der Waals surface area contributed by atoms with Gasteiger partial charge in [-0.3, -0.25) is 9.59 Å². The van der Waals surface area contributed by atoms with Crippen molar-refractivity contribution in [1.29, 1.82) is 0 Å². The molecule has 106 valence electrons. The fourth-order valence-corrected chi connectivity index (χ4v) is 1.27. The zero-order valence-electron chi connectivity index (χ0n) is 11.6. The van der Waals surface area contributed by atoms with E-state index in [9.17, 15) is 9.59 Å². The number of hydrogen-bond donors (Lipinski definition) is 0. The van der Waals surface area contributed by atoms with E-state index in [4.69, 9.17) is 14.2 Å². The molecule has 0 rings (SSSR count). The Labute approximate surface area is 113 Å². The summed E-state index contributed by atoms with van der Waals surface area (Å²) in [5.74, 6) is 4.84. The standard InChI is InChI=1S/C14H20O5/c1-4-18-14(16)10-7-9-13(19-12(2)15)8-5-6-11-17-3/h6,11,13H,4,7,9-10H2,1-3H3/b11-6+/t13-/m1/s1. The van der Waals surface area contributed by atoms with Crippen molar-refractivity contribution in [2.45, 2.75) is 39.2 Å². The maximum absolute atomic E-state index is 11.2. The van der Waals surface area contributed by atoms with Gasteiger partial charge in [-0.15, -0.1) is 0 Å². The molecule has 5 nitrogen and oxygen atoms in total. The highest BCUT2D eigenvalue weighted by atomic mass is 16.5. The number of rotatable bonds is 7. The average Bonchev–Trinajstić information content (AvgIpc) is 2.34. The summed E-state index contributed by atoms with van der Waals surface area (Å²) < 4.78 is 14.5. The van der Waals surface area contributed by atoms with Gasteiger partial charge in [-0.2, -0.15) is 0 Å². The molecule has 0 unspecified atom stereocenters. The summed E-state index contributed by atoms with van der Waals surface area (Å²) in [6, 6.07) is 0. The molecule has 0 N–H and O–H groups in total. The molecule has 0 bridgehead atoms. The fraction of sp³-hybridized carbons (Fsp3) is 0.571. The maximum atomic E-state index is 11.2. The molecule has 0 aromatic heterocycles. The van der Waals surface area contributed by atoms with Gasteiger partial charge in [0.05, 0.1) is 20.0 Å². The van der Waals surface area contributed by atoms with Gasteiger partial charge in [0.25, 0.3) is 0 Å². The summed E-state index contributed by atoms with van der Waals surface area (Å²) in [7, 11) is 1.51. The lowest BCUT2D eigenvalue weighted by atomic mass is 10.1. The number of methoxy groups -OCH3 is 1. The van der Waals surface area contributed by atoms with Crippen LogP contribution in [0.3, 0.4) is 0 Å². The molecular weight excluding hydrogens is 248 g/mol. The lowest BCUT2D eigenvalue weighted by Gasteiger charge is -2.10. The Balaban J connectivity index is 4.19. The molecule has 0 fully saturated rings. The van der Waals surface area contributed by atoms with E-state index < -0.39 is 12.1 Å². The van der Waals surface area contributed by atoms with Crippen molar-refractivity contribution in [2.24, 2.45) is 0 Å². The molecule has 0 aliphatic rings. The number of carbonyl (C=O) groups is 2. The van der Waals surface area contributed by atoms with Gasteiger partial charge in [-0.25, -0.2) is 0 Å². The van der Waals surface area contributed by atoms with Gasteiger partial charge in [-0.05, 0) is 19.8 Å². The van der Waals surface area contributed by atoms with E-state index in [1.165, 1.54) is 26.4 Å². The molecule has 19 heavy (non-hydrogen) atoms.